The molecule has 1 aromatic heterocycles. The largest absolute Gasteiger partial charge is 0.321 e. The maximum Gasteiger partial charge on any atom is 0.249 e. The highest BCUT2D eigenvalue weighted by Gasteiger charge is 2.33. The molecule has 0 radical (unpaired) electrons. The molecule has 0 saturated carbocycles. The molecule has 1 aliphatic heterocycles. The van der Waals surface area contributed by atoms with Crippen molar-refractivity contribution in [3.05, 3.63) is 17.5 Å². The van der Waals surface area contributed by atoms with Crippen molar-refractivity contribution in [1.29, 1.82) is 0 Å². The third kappa shape index (κ3) is 2.91. The van der Waals surface area contributed by atoms with Gasteiger partial charge in [-0.05, 0) is 18.4 Å². The van der Waals surface area contributed by atoms with E-state index in [4.69, 9.17) is 0 Å². The molecule has 1 N–H and O–H groups in total. The minimum atomic E-state index is -0.584. The Bertz CT molecular complexity index is 473. The number of amides is 3. The highest BCUT2D eigenvalue weighted by Crippen LogP contribution is 2.23. The molecule has 1 aliphatic rings. The molecule has 2 heterocycles. The number of rotatable bonds is 3. The number of thioether (sulfide) groups is 1. The third-order valence-corrected chi connectivity index (χ3v) is 4.69. The van der Waals surface area contributed by atoms with Gasteiger partial charge in [-0.2, -0.15) is 0 Å². The van der Waals surface area contributed by atoms with Gasteiger partial charge in [0, 0.05) is 0 Å². The van der Waals surface area contributed by atoms with Crippen LogP contribution in [0.5, 0.6) is 0 Å². The smallest absolute Gasteiger partial charge is 0.249 e. The first-order valence-electron chi connectivity index (χ1n) is 5.37. The van der Waals surface area contributed by atoms with Gasteiger partial charge in [0.15, 0.2) is 0 Å². The van der Waals surface area contributed by atoms with Crippen LogP contribution in [-0.2, 0) is 14.4 Å². The minimum absolute atomic E-state index is 0.0449. The van der Waals surface area contributed by atoms with Crippen molar-refractivity contribution >= 4 is 40.8 Å². The molecule has 1 atom stereocenters. The summed E-state index contributed by atoms with van der Waals surface area (Å²) in [6.07, 6.45) is 0. The molecule has 1 fully saturated rings. The van der Waals surface area contributed by atoms with Crippen LogP contribution >= 0.6 is 23.1 Å². The lowest BCUT2D eigenvalue weighted by Crippen LogP contribution is -2.59. The van der Waals surface area contributed by atoms with E-state index in [1.54, 1.807) is 18.3 Å². The Labute approximate surface area is 113 Å². The van der Waals surface area contributed by atoms with Crippen LogP contribution in [0, 0.1) is 0 Å². The van der Waals surface area contributed by atoms with Crippen LogP contribution in [0.3, 0.4) is 0 Å². The summed E-state index contributed by atoms with van der Waals surface area (Å²) in [6.45, 7) is 1.58. The fourth-order valence-corrected chi connectivity index (χ4v) is 3.25. The first-order chi connectivity index (χ1) is 8.58. The summed E-state index contributed by atoms with van der Waals surface area (Å²) in [5.41, 5.74) is 0. The number of carbonyl (C=O) groups is 3. The van der Waals surface area contributed by atoms with Crippen molar-refractivity contribution in [3.8, 4) is 0 Å². The van der Waals surface area contributed by atoms with E-state index in [1.807, 2.05) is 17.5 Å². The number of thiophene rings is 1. The van der Waals surface area contributed by atoms with Gasteiger partial charge >= 0.3 is 0 Å². The molecule has 0 spiro atoms. The van der Waals surface area contributed by atoms with Crippen molar-refractivity contribution in [2.24, 2.45) is 0 Å². The molecule has 0 bridgehead atoms. The topological polar surface area (TPSA) is 66.5 Å². The lowest BCUT2D eigenvalue weighted by Gasteiger charge is -2.31. The van der Waals surface area contributed by atoms with Crippen molar-refractivity contribution in [2.45, 2.75) is 17.2 Å². The number of nitrogens with one attached hydrogen (secondary N) is 1. The van der Waals surface area contributed by atoms with Crippen LogP contribution in [0.25, 0.3) is 0 Å². The summed E-state index contributed by atoms with van der Waals surface area (Å²) >= 11 is 2.98. The fourth-order valence-electron chi connectivity index (χ4n) is 1.58. The molecular formula is C11H12N2O3S2. The highest BCUT2D eigenvalue weighted by molar-refractivity contribution is 8.01. The number of carbonyl (C=O) groups excluding carboxylic acids is 3. The van der Waals surface area contributed by atoms with Gasteiger partial charge in [0.1, 0.15) is 12.6 Å². The normalized spacial score (nSPS) is 19.8. The Morgan fingerprint density at radius 1 is 1.61 bits per heavy atom. The second kappa shape index (κ2) is 5.53. The number of hydrogen-bond acceptors (Lipinski definition) is 5. The van der Waals surface area contributed by atoms with Gasteiger partial charge in [-0.1, -0.05) is 6.07 Å². The zero-order chi connectivity index (χ0) is 13.1. The summed E-state index contributed by atoms with van der Waals surface area (Å²) < 4.78 is 1.05. The zero-order valence-electron chi connectivity index (χ0n) is 9.71. The molecule has 1 saturated heterocycles. The molecule has 1 unspecified atom stereocenters. The van der Waals surface area contributed by atoms with Crippen LogP contribution in [-0.4, -0.2) is 41.0 Å². The Morgan fingerprint density at radius 2 is 2.39 bits per heavy atom. The van der Waals surface area contributed by atoms with Crippen LogP contribution in [0.2, 0.25) is 0 Å². The summed E-state index contributed by atoms with van der Waals surface area (Å²) in [5, 5.41) is 4.14. The predicted molar refractivity (Wildman–Crippen MR) is 69.4 cm³/mol. The van der Waals surface area contributed by atoms with Crippen LogP contribution < -0.4 is 5.32 Å². The van der Waals surface area contributed by atoms with Gasteiger partial charge in [0.2, 0.25) is 17.7 Å². The molecule has 0 aliphatic carbocycles. The first kappa shape index (κ1) is 13.1. The quantitative estimate of drug-likeness (QED) is 0.656. The average Bonchev–Trinajstić information content (AvgIpc) is 2.83. The third-order valence-electron chi connectivity index (χ3n) is 2.58. The summed E-state index contributed by atoms with van der Waals surface area (Å²) in [6, 6.07) is 3.26. The molecule has 2 rings (SSSR count). The van der Waals surface area contributed by atoms with Crippen molar-refractivity contribution in [1.82, 2.24) is 10.2 Å². The van der Waals surface area contributed by atoms with Crippen LogP contribution in [0.4, 0.5) is 0 Å². The van der Waals surface area contributed by atoms with Gasteiger partial charge in [-0.15, -0.1) is 23.1 Å². The molecule has 18 heavy (non-hydrogen) atoms. The molecule has 5 nitrogen and oxygen atoms in total. The van der Waals surface area contributed by atoms with Gasteiger partial charge in [0.05, 0.1) is 9.96 Å². The second-order valence-corrected chi connectivity index (χ2v) is 6.05. The molecule has 7 heteroatoms. The van der Waals surface area contributed by atoms with E-state index < -0.39 is 17.9 Å². The Balaban J connectivity index is 1.95. The van der Waals surface area contributed by atoms with Gasteiger partial charge in [-0.3, -0.25) is 19.7 Å². The maximum absolute atomic E-state index is 12.0. The monoisotopic (exact) mass is 284 g/mol. The summed E-state index contributed by atoms with van der Waals surface area (Å²) in [4.78, 5) is 36.0. The first-order valence-corrected chi connectivity index (χ1v) is 7.24. The zero-order valence-corrected chi connectivity index (χ0v) is 11.3. The van der Waals surface area contributed by atoms with E-state index >= 15 is 0 Å². The molecular weight excluding hydrogens is 272 g/mol. The maximum atomic E-state index is 12.0. The van der Waals surface area contributed by atoms with Crippen LogP contribution in [0.1, 0.15) is 6.92 Å². The number of piperazine rings is 1. The van der Waals surface area contributed by atoms with E-state index in [0.29, 0.717) is 0 Å². The lowest BCUT2D eigenvalue weighted by molar-refractivity contribution is -0.148. The van der Waals surface area contributed by atoms with E-state index in [0.717, 1.165) is 4.21 Å². The van der Waals surface area contributed by atoms with Crippen molar-refractivity contribution < 1.29 is 14.4 Å². The minimum Gasteiger partial charge on any atom is -0.321 e. The number of imide groups is 1. The Morgan fingerprint density at radius 3 is 3.06 bits per heavy atom. The SMILES string of the molecule is CC1C(=O)NC(=O)CN1C(=O)CSc1cccs1. The molecule has 96 valence electrons. The Kier molecular flexibility index (Phi) is 4.03. The van der Waals surface area contributed by atoms with Gasteiger partial charge < -0.3 is 4.90 Å². The number of hydrogen-bond donors (Lipinski definition) is 1. The average molecular weight is 284 g/mol. The molecule has 3 amide bonds. The second-order valence-electron chi connectivity index (χ2n) is 3.83. The fraction of sp³-hybridized carbons (Fsp3) is 0.364. The van der Waals surface area contributed by atoms with E-state index in [1.165, 1.54) is 16.7 Å². The Hall–Kier alpha value is -1.34. The number of nitrogens with zero attached hydrogens (tertiary/aromatic N) is 1. The molecule has 0 aromatic carbocycles. The van der Waals surface area contributed by atoms with Crippen LogP contribution in [0.15, 0.2) is 21.7 Å². The van der Waals surface area contributed by atoms with E-state index in [9.17, 15) is 14.4 Å². The summed E-state index contributed by atoms with van der Waals surface area (Å²) in [5.74, 6) is -0.789. The van der Waals surface area contributed by atoms with Crippen molar-refractivity contribution in [2.75, 3.05) is 12.3 Å². The van der Waals surface area contributed by atoms with Crippen molar-refractivity contribution in [3.63, 3.8) is 0 Å². The van der Waals surface area contributed by atoms with Gasteiger partial charge in [-0.25, -0.2) is 0 Å². The predicted octanol–water partition coefficient (Wildman–Crippen LogP) is 0.714. The standard InChI is InChI=1S/C11H12N2O3S2/c1-7-11(16)12-8(14)5-13(7)9(15)6-18-10-3-2-4-17-10/h2-4,7H,5-6H2,1H3,(H,12,14,16). The van der Waals surface area contributed by atoms with E-state index in [2.05, 4.69) is 5.32 Å². The highest BCUT2D eigenvalue weighted by atomic mass is 32.2. The van der Waals surface area contributed by atoms with Gasteiger partial charge in [0.25, 0.3) is 0 Å². The molecule has 1 aromatic rings. The summed E-state index contributed by atoms with van der Waals surface area (Å²) in [7, 11) is 0. The lowest BCUT2D eigenvalue weighted by atomic mass is 10.2. The van der Waals surface area contributed by atoms with E-state index in [-0.39, 0.29) is 18.2 Å².